The molecule has 3 aromatic rings. The zero-order valence-electron chi connectivity index (χ0n) is 12.6. The van der Waals surface area contributed by atoms with Crippen LogP contribution in [0, 0.1) is 0 Å². The molecule has 0 aliphatic carbocycles. The Labute approximate surface area is 154 Å². The van der Waals surface area contributed by atoms with Crippen molar-refractivity contribution >= 4 is 34.8 Å². The van der Waals surface area contributed by atoms with E-state index in [1.165, 1.54) is 6.33 Å². The molecular formula is C17H14Cl3N3O. The van der Waals surface area contributed by atoms with Crippen LogP contribution in [0.3, 0.4) is 0 Å². The van der Waals surface area contributed by atoms with Crippen LogP contribution in [0.25, 0.3) is 0 Å². The molecule has 0 fully saturated rings. The lowest BCUT2D eigenvalue weighted by Crippen LogP contribution is -2.13. The van der Waals surface area contributed by atoms with Crippen molar-refractivity contribution in [2.24, 2.45) is 0 Å². The Morgan fingerprint density at radius 1 is 1.00 bits per heavy atom. The summed E-state index contributed by atoms with van der Waals surface area (Å²) in [4.78, 5) is 3.96. The minimum absolute atomic E-state index is 0.240. The van der Waals surface area contributed by atoms with Gasteiger partial charge >= 0.3 is 0 Å². The van der Waals surface area contributed by atoms with Crippen LogP contribution in [0.4, 0.5) is 0 Å². The van der Waals surface area contributed by atoms with Crippen molar-refractivity contribution in [3.63, 3.8) is 0 Å². The van der Waals surface area contributed by atoms with E-state index < -0.39 is 0 Å². The fourth-order valence-corrected chi connectivity index (χ4v) is 2.92. The van der Waals surface area contributed by atoms with Crippen LogP contribution in [0.5, 0.6) is 0 Å². The number of aromatic nitrogens is 3. The summed E-state index contributed by atoms with van der Waals surface area (Å²) < 4.78 is 7.80. The van der Waals surface area contributed by atoms with E-state index in [2.05, 4.69) is 10.1 Å². The quantitative estimate of drug-likeness (QED) is 0.588. The van der Waals surface area contributed by atoms with Crippen molar-refractivity contribution in [2.45, 2.75) is 19.3 Å². The Morgan fingerprint density at radius 3 is 2.33 bits per heavy atom. The standard InChI is InChI=1S/C17H14Cl3N3O/c18-13-6-4-12(5-7-13)17(8-23-11-21-10-22-23)24-9-14-15(19)2-1-3-16(14)20/h1-7,10-11,17H,8-9H2. The van der Waals surface area contributed by atoms with E-state index in [1.807, 2.05) is 24.3 Å². The van der Waals surface area contributed by atoms with Gasteiger partial charge in [0.05, 0.1) is 13.2 Å². The third-order valence-corrected chi connectivity index (χ3v) is 4.51. The van der Waals surface area contributed by atoms with Crippen molar-refractivity contribution in [3.05, 3.63) is 81.3 Å². The highest BCUT2D eigenvalue weighted by Gasteiger charge is 2.16. The van der Waals surface area contributed by atoms with Gasteiger partial charge in [-0.1, -0.05) is 53.0 Å². The number of hydrogen-bond acceptors (Lipinski definition) is 3. The molecule has 0 radical (unpaired) electrons. The molecule has 0 aliphatic rings. The minimum atomic E-state index is -0.240. The topological polar surface area (TPSA) is 39.9 Å². The molecular weight excluding hydrogens is 369 g/mol. The van der Waals surface area contributed by atoms with E-state index in [0.29, 0.717) is 28.2 Å². The summed E-state index contributed by atoms with van der Waals surface area (Å²) >= 11 is 18.4. The van der Waals surface area contributed by atoms with Gasteiger partial charge < -0.3 is 4.74 Å². The van der Waals surface area contributed by atoms with Crippen molar-refractivity contribution < 1.29 is 4.74 Å². The lowest BCUT2D eigenvalue weighted by Gasteiger charge is -2.19. The van der Waals surface area contributed by atoms with Gasteiger partial charge in [-0.3, -0.25) is 4.68 Å². The molecule has 7 heteroatoms. The molecule has 0 saturated heterocycles. The summed E-state index contributed by atoms with van der Waals surface area (Å²) in [5.74, 6) is 0. The molecule has 1 unspecified atom stereocenters. The predicted molar refractivity (Wildman–Crippen MR) is 95.5 cm³/mol. The van der Waals surface area contributed by atoms with Crippen LogP contribution in [-0.2, 0) is 17.9 Å². The first kappa shape index (κ1) is 17.2. The monoisotopic (exact) mass is 381 g/mol. The van der Waals surface area contributed by atoms with E-state index in [9.17, 15) is 0 Å². The molecule has 0 aliphatic heterocycles. The molecule has 1 atom stereocenters. The Bertz CT molecular complexity index is 771. The molecule has 2 aromatic carbocycles. The van der Waals surface area contributed by atoms with Crippen LogP contribution < -0.4 is 0 Å². The van der Waals surface area contributed by atoms with Crippen LogP contribution in [0.1, 0.15) is 17.2 Å². The average molecular weight is 383 g/mol. The molecule has 0 bridgehead atoms. The highest BCUT2D eigenvalue weighted by atomic mass is 35.5. The minimum Gasteiger partial charge on any atom is -0.367 e. The molecule has 1 heterocycles. The summed E-state index contributed by atoms with van der Waals surface area (Å²) in [7, 11) is 0. The zero-order valence-corrected chi connectivity index (χ0v) is 14.8. The maximum atomic E-state index is 6.21. The van der Waals surface area contributed by atoms with E-state index in [1.54, 1.807) is 29.2 Å². The van der Waals surface area contributed by atoms with Gasteiger partial charge in [-0.2, -0.15) is 5.10 Å². The lowest BCUT2D eigenvalue weighted by molar-refractivity contribution is 0.0257. The first-order chi connectivity index (χ1) is 11.6. The summed E-state index contributed by atoms with van der Waals surface area (Å²) in [6.07, 6.45) is 2.90. The fourth-order valence-electron chi connectivity index (χ4n) is 2.28. The van der Waals surface area contributed by atoms with Gasteiger partial charge in [0.15, 0.2) is 0 Å². The van der Waals surface area contributed by atoms with E-state index in [0.717, 1.165) is 11.1 Å². The van der Waals surface area contributed by atoms with Crippen LogP contribution in [-0.4, -0.2) is 14.8 Å². The Kier molecular flexibility index (Phi) is 5.74. The van der Waals surface area contributed by atoms with Crippen molar-refractivity contribution in [3.8, 4) is 0 Å². The van der Waals surface area contributed by atoms with Gasteiger partial charge in [-0.05, 0) is 29.8 Å². The second-order valence-corrected chi connectivity index (χ2v) is 6.42. The van der Waals surface area contributed by atoms with E-state index in [4.69, 9.17) is 39.5 Å². The molecule has 24 heavy (non-hydrogen) atoms. The maximum Gasteiger partial charge on any atom is 0.137 e. The Morgan fingerprint density at radius 2 is 1.71 bits per heavy atom. The fraction of sp³-hybridized carbons (Fsp3) is 0.176. The smallest absolute Gasteiger partial charge is 0.137 e. The first-order valence-electron chi connectivity index (χ1n) is 7.26. The van der Waals surface area contributed by atoms with Gasteiger partial charge in [0.25, 0.3) is 0 Å². The molecule has 0 saturated carbocycles. The van der Waals surface area contributed by atoms with Crippen molar-refractivity contribution in [1.82, 2.24) is 14.8 Å². The Balaban J connectivity index is 1.80. The van der Waals surface area contributed by atoms with Gasteiger partial charge in [-0.25, -0.2) is 4.98 Å². The van der Waals surface area contributed by atoms with Crippen LogP contribution >= 0.6 is 34.8 Å². The van der Waals surface area contributed by atoms with E-state index in [-0.39, 0.29) is 6.10 Å². The van der Waals surface area contributed by atoms with Crippen molar-refractivity contribution in [2.75, 3.05) is 0 Å². The first-order valence-corrected chi connectivity index (χ1v) is 8.39. The summed E-state index contributed by atoms with van der Waals surface area (Å²) in [6.45, 7) is 0.810. The predicted octanol–water partition coefficient (Wildman–Crippen LogP) is 5.20. The highest BCUT2D eigenvalue weighted by Crippen LogP contribution is 2.28. The third kappa shape index (κ3) is 4.28. The molecule has 0 N–H and O–H groups in total. The van der Waals surface area contributed by atoms with Gasteiger partial charge in [0.1, 0.15) is 18.8 Å². The SMILES string of the molecule is Clc1ccc(C(Cn2cncn2)OCc2c(Cl)cccc2Cl)cc1. The number of benzene rings is 2. The molecule has 4 nitrogen and oxygen atoms in total. The van der Waals surface area contributed by atoms with Crippen molar-refractivity contribution in [1.29, 1.82) is 0 Å². The van der Waals surface area contributed by atoms with Crippen LogP contribution in [0.15, 0.2) is 55.1 Å². The number of ether oxygens (including phenoxy) is 1. The molecule has 0 spiro atoms. The number of halogens is 3. The maximum absolute atomic E-state index is 6.21. The molecule has 1 aromatic heterocycles. The molecule has 0 amide bonds. The Hall–Kier alpha value is -1.59. The third-order valence-electron chi connectivity index (χ3n) is 3.55. The number of rotatable bonds is 6. The summed E-state index contributed by atoms with van der Waals surface area (Å²) in [5, 5.41) is 5.97. The van der Waals surface area contributed by atoms with Crippen LogP contribution in [0.2, 0.25) is 15.1 Å². The molecule has 3 rings (SSSR count). The highest BCUT2D eigenvalue weighted by molar-refractivity contribution is 6.35. The summed E-state index contributed by atoms with van der Waals surface area (Å²) in [5.41, 5.74) is 1.75. The van der Waals surface area contributed by atoms with Gasteiger partial charge in [-0.15, -0.1) is 0 Å². The van der Waals surface area contributed by atoms with Gasteiger partial charge in [0, 0.05) is 20.6 Å². The second-order valence-electron chi connectivity index (χ2n) is 5.17. The largest absolute Gasteiger partial charge is 0.367 e. The second kappa shape index (κ2) is 7.99. The zero-order chi connectivity index (χ0) is 16.9. The number of hydrogen-bond donors (Lipinski definition) is 0. The van der Waals surface area contributed by atoms with E-state index >= 15 is 0 Å². The average Bonchev–Trinajstić information content (AvgIpc) is 3.07. The molecule has 124 valence electrons. The normalized spacial score (nSPS) is 12.3. The van der Waals surface area contributed by atoms with Gasteiger partial charge in [0.2, 0.25) is 0 Å². The lowest BCUT2D eigenvalue weighted by atomic mass is 10.1. The summed E-state index contributed by atoms with van der Waals surface area (Å²) in [6, 6.07) is 12.9. The number of nitrogens with zero attached hydrogens (tertiary/aromatic N) is 3.